The fourth-order valence-electron chi connectivity index (χ4n) is 2.97. The zero-order chi connectivity index (χ0) is 22.2. The van der Waals surface area contributed by atoms with Gasteiger partial charge in [-0.2, -0.15) is 0 Å². The minimum atomic E-state index is -3.87. The van der Waals surface area contributed by atoms with Crippen LogP contribution in [0.3, 0.4) is 0 Å². The van der Waals surface area contributed by atoms with E-state index >= 15 is 0 Å². The number of benzene rings is 2. The van der Waals surface area contributed by atoms with Crippen LogP contribution in [0, 0.1) is 0 Å². The Labute approximate surface area is 175 Å². The lowest BCUT2D eigenvalue weighted by molar-refractivity contribution is 0.102. The number of fused-ring (bicyclic) bond motifs is 1. The summed E-state index contributed by atoms with van der Waals surface area (Å²) in [5, 5.41) is 7.51. The molecule has 3 aromatic rings. The zero-order valence-electron chi connectivity index (χ0n) is 15.8. The van der Waals surface area contributed by atoms with Gasteiger partial charge in [0.2, 0.25) is 16.8 Å². The summed E-state index contributed by atoms with van der Waals surface area (Å²) in [7, 11) is -3.87. The summed E-state index contributed by atoms with van der Waals surface area (Å²) in [4.78, 5) is 39.8. The van der Waals surface area contributed by atoms with Gasteiger partial charge in [-0.1, -0.05) is 6.07 Å². The molecule has 0 saturated heterocycles. The minimum Gasteiger partial charge on any atom is -0.454 e. The largest absolute Gasteiger partial charge is 0.454 e. The molecule has 0 saturated carbocycles. The lowest BCUT2D eigenvalue weighted by Crippen LogP contribution is -2.39. The van der Waals surface area contributed by atoms with Gasteiger partial charge in [0.05, 0.1) is 11.4 Å². The van der Waals surface area contributed by atoms with Crippen molar-refractivity contribution >= 4 is 21.6 Å². The fraction of sp³-hybridized carbons (Fsp3) is 0.105. The number of anilines is 1. The number of primary sulfonamides is 1. The summed E-state index contributed by atoms with van der Waals surface area (Å²) < 4.78 is 34.0. The summed E-state index contributed by atoms with van der Waals surface area (Å²) in [5.74, 6) is 0.287. The molecule has 0 bridgehead atoms. The van der Waals surface area contributed by atoms with Gasteiger partial charge in [-0.25, -0.2) is 18.4 Å². The third-order valence-corrected chi connectivity index (χ3v) is 5.45. The Morgan fingerprint density at radius 2 is 1.81 bits per heavy atom. The number of H-pyrrole nitrogens is 1. The van der Waals surface area contributed by atoms with Crippen LogP contribution in [0.15, 0.2) is 63.1 Å². The van der Waals surface area contributed by atoms with Crippen molar-refractivity contribution in [2.75, 3.05) is 12.1 Å². The van der Waals surface area contributed by atoms with Crippen LogP contribution in [-0.2, 0) is 16.6 Å². The Bertz CT molecular complexity index is 1390. The predicted octanol–water partition coefficient (Wildman–Crippen LogP) is 0.213. The van der Waals surface area contributed by atoms with Crippen LogP contribution >= 0.6 is 0 Å². The molecule has 0 unspecified atom stereocenters. The first kappa shape index (κ1) is 20.4. The van der Waals surface area contributed by atoms with E-state index in [1.807, 2.05) is 0 Å². The standard InChI is InChI=1S/C19H16N4O7S/c20-31(27,28)13-4-2-12(3-5-13)22-17(24)14-8-21-19(26)23(18(14)25)9-11-1-6-15-16(7-11)30-10-29-15/h1-8H,9-10H2,(H,21,26)(H,22,24)(H2,20,27,28). The number of rotatable bonds is 5. The molecule has 31 heavy (non-hydrogen) atoms. The molecule has 0 fully saturated rings. The highest BCUT2D eigenvalue weighted by atomic mass is 32.2. The van der Waals surface area contributed by atoms with E-state index < -0.39 is 27.2 Å². The van der Waals surface area contributed by atoms with Gasteiger partial charge >= 0.3 is 5.69 Å². The molecule has 1 aliphatic rings. The number of carbonyl (C=O) groups excluding carboxylic acids is 1. The van der Waals surface area contributed by atoms with Crippen molar-refractivity contribution in [2.24, 2.45) is 5.14 Å². The number of hydrogen-bond donors (Lipinski definition) is 3. The third kappa shape index (κ3) is 4.20. The molecule has 4 N–H and O–H groups in total. The Kier molecular flexibility index (Phi) is 5.09. The highest BCUT2D eigenvalue weighted by Gasteiger charge is 2.18. The van der Waals surface area contributed by atoms with Crippen LogP contribution < -0.4 is 31.2 Å². The molecule has 0 aliphatic carbocycles. The second-order valence-corrected chi connectivity index (χ2v) is 8.17. The number of sulfonamides is 1. The first-order valence-electron chi connectivity index (χ1n) is 8.87. The summed E-state index contributed by atoms with van der Waals surface area (Å²) in [6.07, 6.45) is 1.02. The van der Waals surface area contributed by atoms with Crippen molar-refractivity contribution in [3.63, 3.8) is 0 Å². The first-order valence-corrected chi connectivity index (χ1v) is 10.4. The minimum absolute atomic E-state index is 0.0883. The predicted molar refractivity (Wildman–Crippen MR) is 109 cm³/mol. The van der Waals surface area contributed by atoms with Crippen LogP contribution in [0.2, 0.25) is 0 Å². The van der Waals surface area contributed by atoms with Gasteiger partial charge in [0.15, 0.2) is 11.5 Å². The zero-order valence-corrected chi connectivity index (χ0v) is 16.6. The molecule has 0 atom stereocenters. The van der Waals surface area contributed by atoms with E-state index in [1.165, 1.54) is 24.3 Å². The smallest absolute Gasteiger partial charge is 0.328 e. The number of amides is 1. The topological polar surface area (TPSA) is 163 Å². The number of aromatic amines is 1. The molecule has 0 radical (unpaired) electrons. The number of ether oxygens (including phenoxy) is 2. The van der Waals surface area contributed by atoms with E-state index in [-0.39, 0.29) is 29.5 Å². The average Bonchev–Trinajstić information content (AvgIpc) is 3.18. The molecule has 0 spiro atoms. The van der Waals surface area contributed by atoms with Crippen molar-refractivity contribution in [3.8, 4) is 11.5 Å². The highest BCUT2D eigenvalue weighted by molar-refractivity contribution is 7.89. The molecule has 160 valence electrons. The number of nitrogens with one attached hydrogen (secondary N) is 2. The van der Waals surface area contributed by atoms with Crippen LogP contribution in [0.25, 0.3) is 0 Å². The maximum Gasteiger partial charge on any atom is 0.328 e. The van der Waals surface area contributed by atoms with E-state index in [0.717, 1.165) is 10.8 Å². The van der Waals surface area contributed by atoms with Crippen molar-refractivity contribution in [1.82, 2.24) is 9.55 Å². The Balaban J connectivity index is 1.59. The number of aromatic nitrogens is 2. The number of carbonyl (C=O) groups is 1. The molecule has 11 nitrogen and oxygen atoms in total. The number of hydrogen-bond acceptors (Lipinski definition) is 7. The fourth-order valence-corrected chi connectivity index (χ4v) is 3.48. The number of nitrogens with two attached hydrogens (primary N) is 1. The quantitative estimate of drug-likeness (QED) is 0.506. The summed E-state index contributed by atoms with van der Waals surface area (Å²) in [6, 6.07) is 10.1. The van der Waals surface area contributed by atoms with Crippen LogP contribution in [-0.4, -0.2) is 30.7 Å². The Morgan fingerprint density at radius 1 is 1.10 bits per heavy atom. The normalized spacial score (nSPS) is 12.5. The van der Waals surface area contributed by atoms with Gasteiger partial charge in [-0.05, 0) is 42.0 Å². The highest BCUT2D eigenvalue weighted by Crippen LogP contribution is 2.32. The van der Waals surface area contributed by atoms with Crippen LogP contribution in [0.5, 0.6) is 11.5 Å². The summed E-state index contributed by atoms with van der Waals surface area (Å²) >= 11 is 0. The molecular formula is C19H16N4O7S. The second kappa shape index (κ2) is 7.74. The van der Waals surface area contributed by atoms with Crippen molar-refractivity contribution in [2.45, 2.75) is 11.4 Å². The van der Waals surface area contributed by atoms with Crippen molar-refractivity contribution in [1.29, 1.82) is 0 Å². The van der Waals surface area contributed by atoms with Gasteiger partial charge in [-0.15, -0.1) is 0 Å². The molecule has 1 amide bonds. The molecule has 2 aromatic carbocycles. The maximum atomic E-state index is 12.8. The summed E-state index contributed by atoms with van der Waals surface area (Å²) in [5.41, 5.74) is -0.925. The molecular weight excluding hydrogens is 428 g/mol. The lowest BCUT2D eigenvalue weighted by atomic mass is 10.2. The monoisotopic (exact) mass is 444 g/mol. The first-order chi connectivity index (χ1) is 14.7. The summed E-state index contributed by atoms with van der Waals surface area (Å²) in [6.45, 7) is 0.00213. The van der Waals surface area contributed by atoms with E-state index in [1.54, 1.807) is 18.2 Å². The SMILES string of the molecule is NS(=O)(=O)c1ccc(NC(=O)c2c[nH]c(=O)n(Cc3ccc4c(c3)OCO4)c2=O)cc1. The maximum absolute atomic E-state index is 12.8. The molecule has 1 aromatic heterocycles. The molecule has 4 rings (SSSR count). The van der Waals surface area contributed by atoms with E-state index in [0.29, 0.717) is 17.1 Å². The van der Waals surface area contributed by atoms with Crippen molar-refractivity contribution < 1.29 is 22.7 Å². The Morgan fingerprint density at radius 3 is 2.52 bits per heavy atom. The molecule has 1 aliphatic heterocycles. The van der Waals surface area contributed by atoms with Crippen LogP contribution in [0.4, 0.5) is 5.69 Å². The second-order valence-electron chi connectivity index (χ2n) is 6.61. The van der Waals surface area contributed by atoms with Gasteiger partial charge in [0.1, 0.15) is 5.56 Å². The molecule has 12 heteroatoms. The van der Waals surface area contributed by atoms with E-state index in [2.05, 4.69) is 10.3 Å². The van der Waals surface area contributed by atoms with E-state index in [4.69, 9.17) is 14.6 Å². The lowest BCUT2D eigenvalue weighted by Gasteiger charge is -2.09. The van der Waals surface area contributed by atoms with Gasteiger partial charge < -0.3 is 19.8 Å². The van der Waals surface area contributed by atoms with Crippen molar-refractivity contribution in [3.05, 3.63) is 80.6 Å². The van der Waals surface area contributed by atoms with Crippen LogP contribution in [0.1, 0.15) is 15.9 Å². The molecule has 2 heterocycles. The Hall–Kier alpha value is -3.90. The third-order valence-electron chi connectivity index (χ3n) is 4.52. The number of nitrogens with zero attached hydrogens (tertiary/aromatic N) is 1. The van der Waals surface area contributed by atoms with Gasteiger partial charge in [0.25, 0.3) is 11.5 Å². The van der Waals surface area contributed by atoms with E-state index in [9.17, 15) is 22.8 Å². The van der Waals surface area contributed by atoms with Gasteiger partial charge in [-0.3, -0.25) is 14.2 Å². The average molecular weight is 444 g/mol. The van der Waals surface area contributed by atoms with Gasteiger partial charge in [0, 0.05) is 11.9 Å².